The molecule has 0 saturated carbocycles. The molecule has 24 heavy (non-hydrogen) atoms. The van der Waals surface area contributed by atoms with Crippen molar-refractivity contribution in [3.05, 3.63) is 18.2 Å². The van der Waals surface area contributed by atoms with Gasteiger partial charge in [-0.15, -0.1) is 0 Å². The van der Waals surface area contributed by atoms with Gasteiger partial charge in [-0.2, -0.15) is 0 Å². The second-order valence-corrected chi connectivity index (χ2v) is 7.89. The van der Waals surface area contributed by atoms with Crippen LogP contribution in [0.5, 0.6) is 11.5 Å². The molecule has 7 nitrogen and oxygen atoms in total. The first kappa shape index (κ1) is 18.5. The van der Waals surface area contributed by atoms with Crippen LogP contribution >= 0.6 is 0 Å². The number of sulfone groups is 1. The number of carbonyl (C=O) groups excluding carboxylic acids is 1. The van der Waals surface area contributed by atoms with Crippen LogP contribution in [0.2, 0.25) is 0 Å². The summed E-state index contributed by atoms with van der Waals surface area (Å²) in [5, 5.41) is 3.25. The monoisotopic (exact) mass is 356 g/mol. The van der Waals surface area contributed by atoms with Gasteiger partial charge in [0.1, 0.15) is 0 Å². The van der Waals surface area contributed by atoms with Gasteiger partial charge in [-0.1, -0.05) is 0 Å². The molecule has 134 valence electrons. The predicted molar refractivity (Wildman–Crippen MR) is 90.3 cm³/mol. The Bertz CT molecular complexity index is 690. The molecule has 0 radical (unpaired) electrons. The van der Waals surface area contributed by atoms with Crippen LogP contribution in [0.4, 0.5) is 0 Å². The number of benzene rings is 1. The first-order chi connectivity index (χ1) is 11.4. The SMILES string of the molecule is COc1ccc(S(=O)(=O)CCC(=O)N2CCNC(C)C2)cc1OC. The van der Waals surface area contributed by atoms with Gasteiger partial charge in [-0.05, 0) is 19.1 Å². The molecule has 1 atom stereocenters. The summed E-state index contributed by atoms with van der Waals surface area (Å²) < 4.78 is 35.2. The van der Waals surface area contributed by atoms with E-state index in [1.54, 1.807) is 11.0 Å². The molecule has 1 saturated heterocycles. The van der Waals surface area contributed by atoms with Crippen molar-refractivity contribution in [3.63, 3.8) is 0 Å². The van der Waals surface area contributed by atoms with E-state index < -0.39 is 9.84 Å². The molecule has 1 aromatic rings. The highest BCUT2D eigenvalue weighted by atomic mass is 32.2. The zero-order valence-corrected chi connectivity index (χ0v) is 15.1. The van der Waals surface area contributed by atoms with E-state index in [0.29, 0.717) is 24.6 Å². The number of nitrogens with one attached hydrogen (secondary N) is 1. The summed E-state index contributed by atoms with van der Waals surface area (Å²) in [5.41, 5.74) is 0. The van der Waals surface area contributed by atoms with Crippen molar-refractivity contribution in [2.45, 2.75) is 24.3 Å². The summed E-state index contributed by atoms with van der Waals surface area (Å²) in [7, 11) is -0.631. The van der Waals surface area contributed by atoms with Gasteiger partial charge in [-0.3, -0.25) is 4.79 Å². The summed E-state index contributed by atoms with van der Waals surface area (Å²) in [4.78, 5) is 14.1. The molecule has 1 heterocycles. The maximum atomic E-state index is 12.5. The minimum Gasteiger partial charge on any atom is -0.493 e. The summed E-state index contributed by atoms with van der Waals surface area (Å²) in [6.07, 6.45) is -0.0244. The Kier molecular flexibility index (Phi) is 6.06. The lowest BCUT2D eigenvalue weighted by molar-refractivity contribution is -0.131. The Hall–Kier alpha value is -1.80. The number of ether oxygens (including phenoxy) is 2. The van der Waals surface area contributed by atoms with Crippen molar-refractivity contribution in [1.29, 1.82) is 0 Å². The van der Waals surface area contributed by atoms with E-state index in [4.69, 9.17) is 9.47 Å². The molecular weight excluding hydrogens is 332 g/mol. The van der Waals surface area contributed by atoms with Gasteiger partial charge in [-0.25, -0.2) is 8.42 Å². The molecule has 0 aromatic heterocycles. The van der Waals surface area contributed by atoms with E-state index in [0.717, 1.165) is 6.54 Å². The molecule has 1 aliphatic rings. The topological polar surface area (TPSA) is 84.9 Å². The molecule has 0 spiro atoms. The highest BCUT2D eigenvalue weighted by molar-refractivity contribution is 7.91. The molecule has 8 heteroatoms. The molecule has 2 rings (SSSR count). The smallest absolute Gasteiger partial charge is 0.223 e. The van der Waals surface area contributed by atoms with Crippen LogP contribution in [0.1, 0.15) is 13.3 Å². The Morgan fingerprint density at radius 3 is 2.62 bits per heavy atom. The lowest BCUT2D eigenvalue weighted by atomic mass is 10.2. The van der Waals surface area contributed by atoms with Crippen molar-refractivity contribution in [2.24, 2.45) is 0 Å². The van der Waals surface area contributed by atoms with Gasteiger partial charge in [0.2, 0.25) is 5.91 Å². The lowest BCUT2D eigenvalue weighted by Crippen LogP contribution is -2.51. The standard InChI is InChI=1S/C16H24N2O5S/c1-12-11-18(8-7-17-12)16(19)6-9-24(20,21)13-4-5-14(22-2)15(10-13)23-3/h4-5,10,12,17H,6-9,11H2,1-3H3. The molecule has 1 N–H and O–H groups in total. The predicted octanol–water partition coefficient (Wildman–Crippen LogP) is 0.688. The number of piperazine rings is 1. The Balaban J connectivity index is 2.04. The first-order valence-corrected chi connectivity index (χ1v) is 9.48. The molecule has 1 unspecified atom stereocenters. The highest BCUT2D eigenvalue weighted by Crippen LogP contribution is 2.29. The van der Waals surface area contributed by atoms with E-state index in [-0.39, 0.29) is 29.0 Å². The number of hydrogen-bond acceptors (Lipinski definition) is 6. The maximum absolute atomic E-state index is 12.5. The van der Waals surface area contributed by atoms with Crippen LogP contribution in [0.25, 0.3) is 0 Å². The van der Waals surface area contributed by atoms with Crippen LogP contribution in [-0.4, -0.2) is 64.9 Å². The number of hydrogen-bond donors (Lipinski definition) is 1. The number of methoxy groups -OCH3 is 2. The number of amides is 1. The summed E-state index contributed by atoms with van der Waals surface area (Å²) >= 11 is 0. The van der Waals surface area contributed by atoms with Crippen LogP contribution in [0.3, 0.4) is 0 Å². The fourth-order valence-electron chi connectivity index (χ4n) is 2.67. The normalized spacial score (nSPS) is 18.3. The van der Waals surface area contributed by atoms with E-state index in [1.165, 1.54) is 26.4 Å². The van der Waals surface area contributed by atoms with E-state index in [1.807, 2.05) is 6.92 Å². The van der Waals surface area contributed by atoms with Crippen LogP contribution in [0, 0.1) is 0 Å². The summed E-state index contributed by atoms with van der Waals surface area (Å²) in [6, 6.07) is 4.66. The van der Waals surface area contributed by atoms with Gasteiger partial charge in [0.05, 0.1) is 24.9 Å². The van der Waals surface area contributed by atoms with Gasteiger partial charge in [0.15, 0.2) is 21.3 Å². The van der Waals surface area contributed by atoms with Gasteiger partial charge >= 0.3 is 0 Å². The minimum atomic E-state index is -3.56. The second kappa shape index (κ2) is 7.85. The second-order valence-electron chi connectivity index (χ2n) is 5.78. The molecule has 0 aliphatic carbocycles. The number of carbonyl (C=O) groups is 1. The van der Waals surface area contributed by atoms with Crippen molar-refractivity contribution in [3.8, 4) is 11.5 Å². The minimum absolute atomic E-state index is 0.0244. The van der Waals surface area contributed by atoms with Gasteiger partial charge < -0.3 is 19.7 Å². The Labute approximate surface area is 142 Å². The van der Waals surface area contributed by atoms with Crippen molar-refractivity contribution in [1.82, 2.24) is 10.2 Å². The van der Waals surface area contributed by atoms with E-state index in [2.05, 4.69) is 5.32 Å². The maximum Gasteiger partial charge on any atom is 0.223 e. The summed E-state index contributed by atoms with van der Waals surface area (Å²) in [6.45, 7) is 3.95. The van der Waals surface area contributed by atoms with Crippen molar-refractivity contribution < 1.29 is 22.7 Å². The van der Waals surface area contributed by atoms with Crippen LogP contribution in [0.15, 0.2) is 23.1 Å². The molecule has 0 bridgehead atoms. The zero-order chi connectivity index (χ0) is 17.7. The van der Waals surface area contributed by atoms with E-state index >= 15 is 0 Å². The van der Waals surface area contributed by atoms with Crippen molar-refractivity contribution in [2.75, 3.05) is 39.6 Å². The third-order valence-electron chi connectivity index (χ3n) is 4.02. The van der Waals surface area contributed by atoms with Gasteiger partial charge in [0, 0.05) is 38.2 Å². The fraction of sp³-hybridized carbons (Fsp3) is 0.562. The summed E-state index contributed by atoms with van der Waals surface area (Å²) in [5.74, 6) is 0.454. The van der Waals surface area contributed by atoms with Crippen LogP contribution < -0.4 is 14.8 Å². The Morgan fingerprint density at radius 1 is 1.29 bits per heavy atom. The number of rotatable bonds is 6. The fourth-order valence-corrected chi connectivity index (χ4v) is 3.91. The van der Waals surface area contributed by atoms with Crippen LogP contribution in [-0.2, 0) is 14.6 Å². The van der Waals surface area contributed by atoms with Gasteiger partial charge in [0.25, 0.3) is 0 Å². The number of nitrogens with zero attached hydrogens (tertiary/aromatic N) is 1. The largest absolute Gasteiger partial charge is 0.493 e. The average Bonchev–Trinajstić information content (AvgIpc) is 2.59. The average molecular weight is 356 g/mol. The zero-order valence-electron chi connectivity index (χ0n) is 14.2. The molecule has 1 fully saturated rings. The third kappa shape index (κ3) is 4.39. The molecule has 1 aliphatic heterocycles. The molecular formula is C16H24N2O5S. The van der Waals surface area contributed by atoms with Crippen molar-refractivity contribution >= 4 is 15.7 Å². The quantitative estimate of drug-likeness (QED) is 0.807. The molecule has 1 amide bonds. The first-order valence-electron chi connectivity index (χ1n) is 7.83. The van der Waals surface area contributed by atoms with E-state index in [9.17, 15) is 13.2 Å². The highest BCUT2D eigenvalue weighted by Gasteiger charge is 2.23. The lowest BCUT2D eigenvalue weighted by Gasteiger charge is -2.31. The third-order valence-corrected chi connectivity index (χ3v) is 5.73. The Morgan fingerprint density at radius 2 is 2.00 bits per heavy atom. The molecule has 1 aromatic carbocycles.